The van der Waals surface area contributed by atoms with E-state index in [-0.39, 0.29) is 22.7 Å². The Morgan fingerprint density at radius 3 is 2.63 bits per heavy atom. The third-order valence-corrected chi connectivity index (χ3v) is 7.31. The van der Waals surface area contributed by atoms with E-state index in [9.17, 15) is 8.42 Å². The van der Waals surface area contributed by atoms with Crippen LogP contribution in [0.5, 0.6) is 11.6 Å². The lowest BCUT2D eigenvalue weighted by Gasteiger charge is -2.19. The molecular weight excluding hydrogens is 526 g/mol. The number of sulfonamides is 1. The summed E-state index contributed by atoms with van der Waals surface area (Å²) in [6.07, 6.45) is 7.01. The van der Waals surface area contributed by atoms with Crippen molar-refractivity contribution in [1.82, 2.24) is 19.5 Å². The van der Waals surface area contributed by atoms with Crippen LogP contribution in [0.4, 0.5) is 11.6 Å². The van der Waals surface area contributed by atoms with Gasteiger partial charge in [0.05, 0.1) is 27.9 Å². The molecule has 192 valence electrons. The number of nitriles is 1. The number of aromatic nitrogens is 4. The number of halogens is 1. The SMILES string of the molecule is Cc1cc(C2C=CC(S(N)(=O)=O)=CC2)cc(Cl)c1Oc1nc(Nc2ccc(C#N)cc2)nc2c1ncn2C. The van der Waals surface area contributed by atoms with Gasteiger partial charge in [0.25, 0.3) is 5.88 Å². The van der Waals surface area contributed by atoms with Gasteiger partial charge in [0.1, 0.15) is 0 Å². The maximum atomic E-state index is 11.6. The van der Waals surface area contributed by atoms with Gasteiger partial charge < -0.3 is 14.6 Å². The number of fused-ring (bicyclic) bond motifs is 1. The van der Waals surface area contributed by atoms with Gasteiger partial charge in [-0.25, -0.2) is 18.5 Å². The maximum absolute atomic E-state index is 11.6. The number of aryl methyl sites for hydroxylation is 2. The number of primary sulfonamides is 1. The molecule has 38 heavy (non-hydrogen) atoms. The van der Waals surface area contributed by atoms with E-state index in [1.807, 2.05) is 20.0 Å². The second-order valence-electron chi connectivity index (χ2n) is 8.80. The van der Waals surface area contributed by atoms with E-state index >= 15 is 0 Å². The van der Waals surface area contributed by atoms with E-state index in [1.54, 1.807) is 53.4 Å². The summed E-state index contributed by atoms with van der Waals surface area (Å²) in [6, 6.07) is 12.7. The van der Waals surface area contributed by atoms with E-state index in [2.05, 4.69) is 26.3 Å². The fourth-order valence-electron chi connectivity index (χ4n) is 4.12. The van der Waals surface area contributed by atoms with Crippen LogP contribution in [0.2, 0.25) is 5.02 Å². The number of nitrogens with one attached hydrogen (secondary N) is 1. The van der Waals surface area contributed by atoms with Gasteiger partial charge in [-0.05, 0) is 60.9 Å². The number of hydrogen-bond acceptors (Lipinski definition) is 8. The smallest absolute Gasteiger partial charge is 0.252 e. The first-order valence-corrected chi connectivity index (χ1v) is 13.4. The average molecular weight is 548 g/mol. The number of imidazole rings is 1. The van der Waals surface area contributed by atoms with Crippen molar-refractivity contribution in [3.05, 3.63) is 87.6 Å². The van der Waals surface area contributed by atoms with E-state index in [1.165, 1.54) is 6.08 Å². The fraction of sp³-hybridized carbons (Fsp3) is 0.154. The quantitative estimate of drug-likeness (QED) is 0.344. The van der Waals surface area contributed by atoms with Gasteiger partial charge in [-0.1, -0.05) is 29.8 Å². The van der Waals surface area contributed by atoms with Gasteiger partial charge >= 0.3 is 0 Å². The minimum Gasteiger partial charge on any atom is -0.435 e. The molecule has 1 aliphatic carbocycles. The summed E-state index contributed by atoms with van der Waals surface area (Å²) in [6.45, 7) is 1.87. The monoisotopic (exact) mass is 547 g/mol. The van der Waals surface area contributed by atoms with E-state index in [4.69, 9.17) is 26.7 Å². The Hall–Kier alpha value is -4.24. The Labute approximate surface area is 224 Å². The van der Waals surface area contributed by atoms with Crippen LogP contribution >= 0.6 is 11.6 Å². The van der Waals surface area contributed by atoms with Crippen molar-refractivity contribution in [2.45, 2.75) is 19.3 Å². The van der Waals surface area contributed by atoms with Gasteiger partial charge in [0.15, 0.2) is 16.9 Å². The molecule has 10 nitrogen and oxygen atoms in total. The zero-order valence-corrected chi connectivity index (χ0v) is 22.0. The van der Waals surface area contributed by atoms with Gasteiger partial charge in [-0.2, -0.15) is 15.2 Å². The summed E-state index contributed by atoms with van der Waals surface area (Å²) in [5.74, 6) is 0.875. The Morgan fingerprint density at radius 2 is 2.00 bits per heavy atom. The van der Waals surface area contributed by atoms with Crippen molar-refractivity contribution >= 4 is 44.4 Å². The highest BCUT2D eigenvalue weighted by Gasteiger charge is 2.21. The zero-order valence-electron chi connectivity index (χ0n) is 20.4. The number of nitrogens with zero attached hydrogens (tertiary/aromatic N) is 5. The molecule has 2 aromatic carbocycles. The number of benzene rings is 2. The molecule has 0 radical (unpaired) electrons. The third-order valence-electron chi connectivity index (χ3n) is 6.07. The number of rotatable bonds is 6. The van der Waals surface area contributed by atoms with Crippen molar-refractivity contribution in [3.8, 4) is 17.7 Å². The standard InChI is InChI=1S/C26H22ClN7O3S/c1-15-11-18(17-5-9-20(10-6-17)38(29,35)36)12-21(27)23(15)37-25-22-24(34(2)14-30-22)32-26(33-25)31-19-7-3-16(13-28)4-8-19/h3-5,7-12,14,17H,6H2,1-2H3,(H2,29,35,36)(H,31,32,33). The van der Waals surface area contributed by atoms with E-state index < -0.39 is 10.0 Å². The molecule has 0 bridgehead atoms. The highest BCUT2D eigenvalue weighted by molar-refractivity contribution is 7.93. The van der Waals surface area contributed by atoms with Crippen molar-refractivity contribution in [2.75, 3.05) is 5.32 Å². The minimum absolute atomic E-state index is 0.0597. The number of hydrogen-bond donors (Lipinski definition) is 2. The molecular formula is C26H22ClN7O3S. The fourth-order valence-corrected chi connectivity index (χ4v) is 5.03. The number of nitrogens with two attached hydrogens (primary N) is 1. The lowest BCUT2D eigenvalue weighted by Crippen LogP contribution is -2.15. The Bertz CT molecular complexity index is 1750. The highest BCUT2D eigenvalue weighted by atomic mass is 35.5. The Kier molecular flexibility index (Phi) is 6.62. The van der Waals surface area contributed by atoms with Crippen LogP contribution in [0.3, 0.4) is 0 Å². The summed E-state index contributed by atoms with van der Waals surface area (Å²) >= 11 is 6.67. The lowest BCUT2D eigenvalue weighted by atomic mass is 9.91. The third kappa shape index (κ3) is 5.10. The molecule has 2 aromatic heterocycles. The predicted octanol–water partition coefficient (Wildman–Crippen LogP) is 4.95. The Morgan fingerprint density at radius 1 is 1.24 bits per heavy atom. The van der Waals surface area contributed by atoms with Crippen LogP contribution in [-0.2, 0) is 17.1 Å². The van der Waals surface area contributed by atoms with Crippen LogP contribution in [0, 0.1) is 18.3 Å². The molecule has 12 heteroatoms. The second-order valence-corrected chi connectivity index (χ2v) is 10.8. The number of anilines is 2. The van der Waals surface area contributed by atoms with Gasteiger partial charge in [0.2, 0.25) is 16.0 Å². The summed E-state index contributed by atoms with van der Waals surface area (Å²) in [7, 11) is -1.92. The zero-order chi connectivity index (χ0) is 27.0. The van der Waals surface area contributed by atoms with Crippen LogP contribution < -0.4 is 15.2 Å². The normalized spacial score (nSPS) is 15.2. The van der Waals surface area contributed by atoms with E-state index in [0.717, 1.165) is 11.1 Å². The predicted molar refractivity (Wildman–Crippen MR) is 145 cm³/mol. The molecule has 0 spiro atoms. The molecule has 5 rings (SSSR count). The molecule has 0 amide bonds. The first-order chi connectivity index (χ1) is 18.1. The van der Waals surface area contributed by atoms with Crippen LogP contribution in [-0.4, -0.2) is 27.9 Å². The summed E-state index contributed by atoms with van der Waals surface area (Å²) in [5.41, 5.74) is 3.95. The van der Waals surface area contributed by atoms with Crippen LogP contribution in [0.1, 0.15) is 29.0 Å². The molecule has 2 heterocycles. The molecule has 1 unspecified atom stereocenters. The highest BCUT2D eigenvalue weighted by Crippen LogP contribution is 2.39. The van der Waals surface area contributed by atoms with Gasteiger partial charge in [0, 0.05) is 18.7 Å². The molecule has 0 aliphatic heterocycles. The van der Waals surface area contributed by atoms with Crippen LogP contribution in [0.15, 0.2) is 65.9 Å². The van der Waals surface area contributed by atoms with Crippen molar-refractivity contribution in [2.24, 2.45) is 12.2 Å². The molecule has 0 saturated carbocycles. The Balaban J connectivity index is 1.45. The van der Waals surface area contributed by atoms with E-state index in [0.29, 0.717) is 39.6 Å². The lowest BCUT2D eigenvalue weighted by molar-refractivity contribution is 0.464. The summed E-state index contributed by atoms with van der Waals surface area (Å²) in [5, 5.41) is 17.8. The topological polar surface area (TPSA) is 149 Å². The van der Waals surface area contributed by atoms with Crippen molar-refractivity contribution in [3.63, 3.8) is 0 Å². The summed E-state index contributed by atoms with van der Waals surface area (Å²) < 4.78 is 31.2. The molecule has 1 atom stereocenters. The first kappa shape index (κ1) is 25.4. The molecule has 0 saturated heterocycles. The molecule has 0 fully saturated rings. The van der Waals surface area contributed by atoms with Gasteiger partial charge in [-0.15, -0.1) is 0 Å². The maximum Gasteiger partial charge on any atom is 0.252 e. The summed E-state index contributed by atoms with van der Waals surface area (Å²) in [4.78, 5) is 13.6. The molecule has 4 aromatic rings. The average Bonchev–Trinajstić information content (AvgIpc) is 3.26. The van der Waals surface area contributed by atoms with Crippen LogP contribution in [0.25, 0.3) is 11.2 Å². The van der Waals surface area contributed by atoms with Gasteiger partial charge in [-0.3, -0.25) is 0 Å². The molecule has 1 aliphatic rings. The van der Waals surface area contributed by atoms with Crippen molar-refractivity contribution < 1.29 is 13.2 Å². The molecule has 3 N–H and O–H groups in total. The number of allylic oxidation sites excluding steroid dienone is 3. The van der Waals surface area contributed by atoms with Crippen molar-refractivity contribution in [1.29, 1.82) is 5.26 Å². The largest absolute Gasteiger partial charge is 0.435 e. The minimum atomic E-state index is -3.74. The second kappa shape index (κ2) is 9.90. The number of ether oxygens (including phenoxy) is 1. The first-order valence-electron chi connectivity index (χ1n) is 11.5.